The van der Waals surface area contributed by atoms with Gasteiger partial charge in [-0.2, -0.15) is 0 Å². The van der Waals surface area contributed by atoms with Gasteiger partial charge in [-0.05, 0) is 38.5 Å². The zero-order chi connectivity index (χ0) is 64.2. The van der Waals surface area contributed by atoms with Gasteiger partial charge in [0, 0.05) is 95.0 Å². The van der Waals surface area contributed by atoms with Crippen molar-refractivity contribution in [2.24, 2.45) is 29.0 Å². The second-order valence-electron chi connectivity index (χ2n) is 26.0. The third-order valence-electron chi connectivity index (χ3n) is 18.3. The van der Waals surface area contributed by atoms with Crippen LogP contribution in [0.15, 0.2) is 0 Å². The Morgan fingerprint density at radius 2 is 0.727 bits per heavy atom. The number of nitrogens with one attached hydrogen (secondary N) is 3. The number of hydrogen-bond acceptors (Lipinski definition) is 12. The molecule has 0 bridgehead atoms. The van der Waals surface area contributed by atoms with Crippen LogP contribution in [0.1, 0.15) is 309 Å². The molecule has 0 radical (unpaired) electrons. The number of nitrogens with zero attached hydrogens (tertiary/aromatic N) is 3. The molecule has 2 unspecified atom stereocenters. The highest BCUT2D eigenvalue weighted by molar-refractivity contribution is 6.01. The van der Waals surface area contributed by atoms with Gasteiger partial charge in [0.2, 0.25) is 41.4 Å². The van der Waals surface area contributed by atoms with E-state index in [4.69, 9.17) is 17.2 Å². The number of rotatable bonds is 18. The second-order valence-corrected chi connectivity index (χ2v) is 26.0. The number of primary amides is 2. The third kappa shape index (κ3) is 34.7. The van der Waals surface area contributed by atoms with Crippen LogP contribution in [0.2, 0.25) is 0 Å². The largest absolute Gasteiger partial charge is 0.368 e. The minimum atomic E-state index is -0.854. The lowest BCUT2D eigenvalue weighted by molar-refractivity contribution is -0.197. The minimum absolute atomic E-state index is 0.00162. The van der Waals surface area contributed by atoms with E-state index in [1.54, 1.807) is 6.92 Å². The smallest absolute Gasteiger partial charge is 0.333 e. The number of imide groups is 1. The Morgan fingerprint density at radius 1 is 0.432 bits per heavy atom. The zero-order valence-corrected chi connectivity index (χ0v) is 54.9. The van der Waals surface area contributed by atoms with Crippen molar-refractivity contribution >= 4 is 59.1 Å². The van der Waals surface area contributed by atoms with E-state index in [2.05, 4.69) is 20.8 Å². The van der Waals surface area contributed by atoms with Gasteiger partial charge >= 0.3 is 5.97 Å². The average Bonchev–Trinajstić information content (AvgIpc) is 3.57. The molecule has 9 N–H and O–H groups in total. The SMILES string of the molecule is CC[C@H](C(N)=O)N1CC(CNC(=O)CCC(=O)NC2CCCCCCCCCCCCCCCCCC2)CC1=O.CC[C@H](C(N)=O)N1CC(CNC(=O)CCC(=O)ON2C(=O)CCC2=O)CC1=O.NC1CCCCCCCCCCCCCCCCCC1. The monoisotopic (exact) mass is 1240 g/mol. The molecule has 0 spiro atoms. The van der Waals surface area contributed by atoms with Gasteiger partial charge in [0.05, 0.1) is 6.42 Å². The molecule has 3 aliphatic heterocycles. The summed E-state index contributed by atoms with van der Waals surface area (Å²) in [5, 5.41) is 9.16. The Bertz CT molecular complexity index is 2010. The number of amides is 9. The highest BCUT2D eigenvalue weighted by atomic mass is 16.7. The fourth-order valence-electron chi connectivity index (χ4n) is 12.9. The number of carbonyl (C=O) groups is 10. The van der Waals surface area contributed by atoms with Crippen LogP contribution in [-0.2, 0) is 52.8 Å². The van der Waals surface area contributed by atoms with Crippen LogP contribution in [-0.4, -0.2) is 124 Å². The van der Waals surface area contributed by atoms with Crippen molar-refractivity contribution in [3.8, 4) is 0 Å². The van der Waals surface area contributed by atoms with E-state index < -0.39 is 47.6 Å². The van der Waals surface area contributed by atoms with E-state index in [1.807, 2.05) is 6.92 Å². The van der Waals surface area contributed by atoms with Gasteiger partial charge in [0.15, 0.2) is 0 Å². The van der Waals surface area contributed by atoms with E-state index in [0.29, 0.717) is 50.0 Å². The number of likely N-dealkylation sites (tertiary alicyclic amines) is 2. The molecule has 5 rings (SSSR count). The molecule has 504 valence electrons. The van der Waals surface area contributed by atoms with Crippen LogP contribution in [0.3, 0.4) is 0 Å². The van der Waals surface area contributed by atoms with Gasteiger partial charge in [-0.3, -0.25) is 43.2 Å². The summed E-state index contributed by atoms with van der Waals surface area (Å²) in [6, 6.07) is -0.560. The third-order valence-corrected chi connectivity index (χ3v) is 18.3. The Hall–Kier alpha value is -5.14. The molecule has 2 saturated carbocycles. The van der Waals surface area contributed by atoms with Crippen molar-refractivity contribution in [3.63, 3.8) is 0 Å². The topological polar surface area (TPSA) is 304 Å². The summed E-state index contributed by atoms with van der Waals surface area (Å²) in [5.41, 5.74) is 16.9. The van der Waals surface area contributed by atoms with Crippen LogP contribution in [0.4, 0.5) is 0 Å². The van der Waals surface area contributed by atoms with E-state index >= 15 is 0 Å². The van der Waals surface area contributed by atoms with E-state index in [-0.39, 0.29) is 93.0 Å². The highest BCUT2D eigenvalue weighted by Crippen LogP contribution is 2.24. The Kier molecular flexibility index (Phi) is 41.8. The molecule has 9 amide bonds. The quantitative estimate of drug-likeness (QED) is 0.0698. The van der Waals surface area contributed by atoms with Crippen LogP contribution in [0.25, 0.3) is 0 Å². The molecule has 3 saturated heterocycles. The van der Waals surface area contributed by atoms with Gasteiger partial charge in [-0.1, -0.05) is 219 Å². The molecule has 3 heterocycles. The predicted octanol–water partition coefficient (Wildman–Crippen LogP) is 10.5. The molecule has 0 aromatic carbocycles. The Morgan fingerprint density at radius 3 is 1.05 bits per heavy atom. The molecule has 20 nitrogen and oxygen atoms in total. The molecule has 4 atom stereocenters. The summed E-state index contributed by atoms with van der Waals surface area (Å²) >= 11 is 0. The first-order valence-corrected chi connectivity index (χ1v) is 35.3. The Balaban J connectivity index is 0.000000367. The summed E-state index contributed by atoms with van der Waals surface area (Å²) in [4.78, 5) is 126. The van der Waals surface area contributed by atoms with Crippen molar-refractivity contribution in [1.29, 1.82) is 0 Å². The van der Waals surface area contributed by atoms with Crippen LogP contribution in [0.5, 0.6) is 0 Å². The van der Waals surface area contributed by atoms with Crippen LogP contribution in [0, 0.1) is 11.8 Å². The predicted molar refractivity (Wildman–Crippen MR) is 344 cm³/mol. The fraction of sp³-hybridized carbons (Fsp3) is 0.853. The first-order chi connectivity index (χ1) is 42.5. The molecule has 0 aromatic rings. The van der Waals surface area contributed by atoms with Gasteiger partial charge in [0.1, 0.15) is 12.1 Å². The summed E-state index contributed by atoms with van der Waals surface area (Å²) in [6.45, 7) is 4.91. The lowest BCUT2D eigenvalue weighted by atomic mass is 9.99. The maximum absolute atomic E-state index is 12.7. The van der Waals surface area contributed by atoms with Gasteiger partial charge < -0.3 is 47.8 Å². The molecule has 88 heavy (non-hydrogen) atoms. The summed E-state index contributed by atoms with van der Waals surface area (Å²) in [6.07, 6.45) is 49.9. The second kappa shape index (κ2) is 47.8. The van der Waals surface area contributed by atoms with E-state index in [1.165, 1.54) is 215 Å². The molecule has 5 aliphatic rings. The average molecular weight is 1240 g/mol. The highest BCUT2D eigenvalue weighted by Gasteiger charge is 2.38. The van der Waals surface area contributed by atoms with Crippen molar-refractivity contribution in [3.05, 3.63) is 0 Å². The van der Waals surface area contributed by atoms with Crippen LogP contribution < -0.4 is 33.2 Å². The molecule has 20 heteroatoms. The molecular formula is C68H121N9O11. The molecule has 5 fully saturated rings. The lowest BCUT2D eigenvalue weighted by Gasteiger charge is -2.24. The van der Waals surface area contributed by atoms with Crippen molar-refractivity contribution in [2.75, 3.05) is 26.2 Å². The standard InChI is InChI=1S/C32H58N4O4.C19H39N.C17H24N4O7/c1-2-28(32(33)40)36-25-26(23-31(36)39)24-34-29(37)21-22-30(38)35-27-19-17-15-13-11-9-7-5-3-4-6-8-10-12-14-16-18-20-27;20-19-17-15-13-11-9-7-5-3-1-2-4-6-8-10-12-14-16-18-19;1-2-11(17(18)27)20-9-10(7-15(20)25)8-19-12(22)3-6-16(26)28-21-13(23)4-5-14(21)24/h26-28H,2-25H2,1H3,(H2,33,40)(H,34,37)(H,35,38);19H,1-18,20H2;10-11H,2-9H2,1H3,(H2,18,27)(H,19,22)/t26?,28-;;10?,11-/m1.1/s1. The number of hydroxylamine groups is 2. The van der Waals surface area contributed by atoms with E-state index in [9.17, 15) is 47.9 Å². The maximum Gasteiger partial charge on any atom is 0.333 e. The van der Waals surface area contributed by atoms with Crippen molar-refractivity contribution in [1.82, 2.24) is 30.8 Å². The summed E-state index contributed by atoms with van der Waals surface area (Å²) < 4.78 is 0. The van der Waals surface area contributed by atoms with Crippen molar-refractivity contribution in [2.45, 2.75) is 333 Å². The maximum atomic E-state index is 12.7. The fourth-order valence-corrected chi connectivity index (χ4v) is 12.9. The minimum Gasteiger partial charge on any atom is -0.368 e. The van der Waals surface area contributed by atoms with E-state index in [0.717, 1.165) is 25.7 Å². The first-order valence-electron chi connectivity index (χ1n) is 35.3. The summed E-state index contributed by atoms with van der Waals surface area (Å²) in [5.74, 6) is -4.21. The molecule has 2 aliphatic carbocycles. The first kappa shape index (κ1) is 77.1. The van der Waals surface area contributed by atoms with Crippen LogP contribution >= 0.6 is 0 Å². The van der Waals surface area contributed by atoms with Gasteiger partial charge in [-0.25, -0.2) is 4.79 Å². The molecule has 0 aromatic heterocycles. The van der Waals surface area contributed by atoms with Crippen molar-refractivity contribution < 1.29 is 52.8 Å². The number of carbonyl (C=O) groups excluding carboxylic acids is 10. The number of nitrogens with two attached hydrogens (primary N) is 3. The lowest BCUT2D eigenvalue weighted by Crippen LogP contribution is -2.45. The number of hydrogen-bond donors (Lipinski definition) is 6. The molecular weight excluding hydrogens is 1120 g/mol. The zero-order valence-electron chi connectivity index (χ0n) is 54.9. The summed E-state index contributed by atoms with van der Waals surface area (Å²) in [7, 11) is 0. The normalized spacial score (nSPS) is 22.3. The van der Waals surface area contributed by atoms with Gasteiger partial charge in [-0.15, -0.1) is 5.06 Å². The Labute approximate surface area is 529 Å². The van der Waals surface area contributed by atoms with Gasteiger partial charge in [0.25, 0.3) is 11.8 Å².